The van der Waals surface area contributed by atoms with Crippen molar-refractivity contribution < 1.29 is 28.7 Å². The van der Waals surface area contributed by atoms with Gasteiger partial charge in [-0.05, 0) is 62.1 Å². The normalized spacial score (nSPS) is 17.7. The Labute approximate surface area is 241 Å². The zero-order valence-electron chi connectivity index (χ0n) is 22.5. The van der Waals surface area contributed by atoms with Crippen LogP contribution in [0.1, 0.15) is 66.7 Å². The third kappa shape index (κ3) is 6.39. The number of fused-ring (bicyclic) bond motifs is 1. The highest BCUT2D eigenvalue weighted by Gasteiger charge is 2.39. The molecule has 12 heteroatoms. The van der Waals surface area contributed by atoms with E-state index in [2.05, 4.69) is 10.6 Å². The number of halogens is 2. The molecule has 2 aliphatic rings. The van der Waals surface area contributed by atoms with Crippen LogP contribution in [-0.4, -0.2) is 58.2 Å². The van der Waals surface area contributed by atoms with E-state index in [0.717, 1.165) is 5.56 Å². The number of benzene rings is 2. The van der Waals surface area contributed by atoms with E-state index < -0.39 is 35.6 Å². The topological polar surface area (TPSA) is 125 Å². The molecule has 2 aliphatic heterocycles. The van der Waals surface area contributed by atoms with E-state index in [9.17, 15) is 24.0 Å². The smallest absolute Gasteiger partial charge is 0.410 e. The molecule has 2 aromatic carbocycles. The Kier molecular flexibility index (Phi) is 8.41. The molecule has 10 nitrogen and oxygen atoms in total. The predicted octanol–water partition coefficient (Wildman–Crippen LogP) is 3.98. The summed E-state index contributed by atoms with van der Waals surface area (Å²) in [5, 5.41) is 5.68. The molecule has 2 aromatic rings. The molecule has 1 saturated heterocycles. The number of nitrogens with zero attached hydrogens (tertiary/aromatic N) is 2. The van der Waals surface area contributed by atoms with Crippen LogP contribution in [0.25, 0.3) is 0 Å². The second kappa shape index (κ2) is 11.5. The van der Waals surface area contributed by atoms with Crippen LogP contribution in [0, 0.1) is 0 Å². The Morgan fingerprint density at radius 2 is 1.85 bits per heavy atom. The van der Waals surface area contributed by atoms with Gasteiger partial charge in [-0.3, -0.25) is 29.4 Å². The van der Waals surface area contributed by atoms with Gasteiger partial charge in [0.15, 0.2) is 0 Å². The van der Waals surface area contributed by atoms with Crippen LogP contribution in [0.4, 0.5) is 4.79 Å². The quantitative estimate of drug-likeness (QED) is 0.492. The number of hydrogen-bond donors (Lipinski definition) is 2. The summed E-state index contributed by atoms with van der Waals surface area (Å²) in [5.74, 6) is -1.58. The molecular formula is C28H30Cl2N4O6. The third-order valence-corrected chi connectivity index (χ3v) is 7.37. The van der Waals surface area contributed by atoms with Gasteiger partial charge in [-0.2, -0.15) is 0 Å². The van der Waals surface area contributed by atoms with E-state index >= 15 is 0 Å². The molecule has 2 N–H and O–H groups in total. The van der Waals surface area contributed by atoms with Gasteiger partial charge in [-0.15, -0.1) is 0 Å². The molecule has 4 rings (SSSR count). The molecular weight excluding hydrogens is 559 g/mol. The average molecular weight is 589 g/mol. The van der Waals surface area contributed by atoms with Crippen molar-refractivity contribution in [3.8, 4) is 0 Å². The highest BCUT2D eigenvalue weighted by atomic mass is 35.5. The highest BCUT2D eigenvalue weighted by Crippen LogP contribution is 2.30. The molecule has 0 saturated carbocycles. The van der Waals surface area contributed by atoms with Crippen LogP contribution >= 0.6 is 23.2 Å². The molecule has 2 atom stereocenters. The molecule has 5 amide bonds. The summed E-state index contributed by atoms with van der Waals surface area (Å²) in [4.78, 5) is 65.7. The molecule has 0 radical (unpaired) electrons. The molecule has 0 aliphatic carbocycles. The molecule has 0 aromatic heterocycles. The van der Waals surface area contributed by atoms with Crippen molar-refractivity contribution in [2.75, 3.05) is 7.05 Å². The third-order valence-electron chi connectivity index (χ3n) is 6.63. The fourth-order valence-electron chi connectivity index (χ4n) is 4.70. The van der Waals surface area contributed by atoms with Gasteiger partial charge < -0.3 is 15.0 Å². The van der Waals surface area contributed by atoms with Crippen molar-refractivity contribution in [2.24, 2.45) is 0 Å². The molecule has 1 fully saturated rings. The fraction of sp³-hybridized carbons (Fsp3) is 0.393. The van der Waals surface area contributed by atoms with E-state index in [0.29, 0.717) is 21.7 Å². The Balaban J connectivity index is 1.50. The van der Waals surface area contributed by atoms with Gasteiger partial charge in [0.2, 0.25) is 17.7 Å². The van der Waals surface area contributed by atoms with Crippen molar-refractivity contribution >= 4 is 52.9 Å². The minimum atomic E-state index is -1.07. The number of amides is 5. The van der Waals surface area contributed by atoms with Crippen molar-refractivity contribution in [1.82, 2.24) is 20.4 Å². The summed E-state index contributed by atoms with van der Waals surface area (Å²) >= 11 is 12.3. The first-order valence-electron chi connectivity index (χ1n) is 12.7. The number of piperidine rings is 1. The van der Waals surface area contributed by atoms with E-state index in [1.165, 1.54) is 22.9 Å². The number of carbonyl (C=O) groups excluding carboxylic acids is 5. The molecule has 0 bridgehead atoms. The lowest BCUT2D eigenvalue weighted by atomic mass is 10.0. The van der Waals surface area contributed by atoms with Gasteiger partial charge in [0.1, 0.15) is 17.7 Å². The largest absolute Gasteiger partial charge is 0.444 e. The van der Waals surface area contributed by atoms with Crippen LogP contribution in [0.5, 0.6) is 0 Å². The number of carbonyl (C=O) groups is 5. The lowest BCUT2D eigenvalue weighted by Crippen LogP contribution is -2.52. The van der Waals surface area contributed by atoms with Gasteiger partial charge in [-0.1, -0.05) is 41.4 Å². The Morgan fingerprint density at radius 1 is 1.12 bits per heavy atom. The van der Waals surface area contributed by atoms with Crippen LogP contribution in [-0.2, 0) is 32.2 Å². The van der Waals surface area contributed by atoms with E-state index in [4.69, 9.17) is 27.9 Å². The summed E-state index contributed by atoms with van der Waals surface area (Å²) in [6.45, 7) is 5.51. The SMILES string of the molecule is CN(C(=O)OC(C)(C)C)C(C(=O)NCc1ccc2c(c1)CN(C1CCC(=O)NC1=O)C2=O)c1ccc(Cl)c(Cl)c1. The summed E-state index contributed by atoms with van der Waals surface area (Å²) in [5.41, 5.74) is 1.58. The van der Waals surface area contributed by atoms with Gasteiger partial charge >= 0.3 is 6.09 Å². The lowest BCUT2D eigenvalue weighted by molar-refractivity contribution is -0.137. The van der Waals surface area contributed by atoms with Crippen LogP contribution in [0.3, 0.4) is 0 Å². The average Bonchev–Trinajstić information content (AvgIpc) is 3.19. The number of hydrogen-bond acceptors (Lipinski definition) is 6. The maximum atomic E-state index is 13.5. The van der Waals surface area contributed by atoms with Crippen LogP contribution in [0.15, 0.2) is 36.4 Å². The van der Waals surface area contributed by atoms with Crippen molar-refractivity contribution in [1.29, 1.82) is 0 Å². The van der Waals surface area contributed by atoms with Crippen molar-refractivity contribution in [2.45, 2.75) is 64.4 Å². The second-order valence-corrected chi connectivity index (χ2v) is 11.6. The maximum absolute atomic E-state index is 13.5. The maximum Gasteiger partial charge on any atom is 0.410 e. The minimum absolute atomic E-state index is 0.110. The van der Waals surface area contributed by atoms with Crippen molar-refractivity contribution in [3.05, 3.63) is 68.7 Å². The fourth-order valence-corrected chi connectivity index (χ4v) is 5.00. The van der Waals surface area contributed by atoms with Gasteiger partial charge in [0.25, 0.3) is 5.91 Å². The van der Waals surface area contributed by atoms with Gasteiger partial charge in [0, 0.05) is 32.1 Å². The number of imide groups is 1. The molecule has 2 unspecified atom stereocenters. The number of ether oxygens (including phenoxy) is 1. The number of nitrogens with one attached hydrogen (secondary N) is 2. The number of rotatable bonds is 6. The van der Waals surface area contributed by atoms with Crippen LogP contribution < -0.4 is 10.6 Å². The molecule has 2 heterocycles. The zero-order chi connectivity index (χ0) is 29.4. The molecule has 212 valence electrons. The van der Waals surface area contributed by atoms with E-state index in [-0.39, 0.29) is 42.8 Å². The first-order valence-corrected chi connectivity index (χ1v) is 13.5. The standard InChI is InChI=1S/C28H30Cl2N4O6/c1-28(2,3)40-27(39)33(4)23(16-6-8-19(29)20(30)12-16)25(37)31-13-15-5-7-18-17(11-15)14-34(26(18)38)21-9-10-22(35)32-24(21)36/h5-8,11-12,21,23H,9-10,13-14H2,1-4H3,(H,31,37)(H,32,35,36). The van der Waals surface area contributed by atoms with E-state index in [1.54, 1.807) is 51.1 Å². The molecule has 0 spiro atoms. The zero-order valence-corrected chi connectivity index (χ0v) is 24.1. The monoisotopic (exact) mass is 588 g/mol. The lowest BCUT2D eigenvalue weighted by Gasteiger charge is -2.30. The van der Waals surface area contributed by atoms with Gasteiger partial charge in [-0.25, -0.2) is 4.79 Å². The first-order chi connectivity index (χ1) is 18.7. The Hall–Kier alpha value is -3.63. The predicted molar refractivity (Wildman–Crippen MR) is 148 cm³/mol. The summed E-state index contributed by atoms with van der Waals surface area (Å²) < 4.78 is 5.47. The Morgan fingerprint density at radius 3 is 2.50 bits per heavy atom. The summed E-state index contributed by atoms with van der Waals surface area (Å²) in [6, 6.07) is 8.09. The van der Waals surface area contributed by atoms with Gasteiger partial charge in [0.05, 0.1) is 10.0 Å². The van der Waals surface area contributed by atoms with Crippen LogP contribution in [0.2, 0.25) is 10.0 Å². The van der Waals surface area contributed by atoms with E-state index in [1.807, 2.05) is 0 Å². The highest BCUT2D eigenvalue weighted by molar-refractivity contribution is 6.42. The summed E-state index contributed by atoms with van der Waals surface area (Å²) in [6.07, 6.45) is -0.247. The second-order valence-electron chi connectivity index (χ2n) is 10.8. The minimum Gasteiger partial charge on any atom is -0.444 e. The number of likely N-dealkylation sites (N-methyl/N-ethyl adjacent to an activating group) is 1. The summed E-state index contributed by atoms with van der Waals surface area (Å²) in [7, 11) is 1.46. The first kappa shape index (κ1) is 29.4. The Bertz CT molecular complexity index is 1390. The van der Waals surface area contributed by atoms with Crippen molar-refractivity contribution in [3.63, 3.8) is 0 Å². The molecule has 40 heavy (non-hydrogen) atoms.